The van der Waals surface area contributed by atoms with Gasteiger partial charge in [-0.05, 0) is 47.5 Å². The number of amides is 2. The number of phenolic OH excluding ortho intramolecular Hbond substituents is 1. The number of rotatable bonds is 7. The number of hydrogen-bond acceptors (Lipinski definition) is 9. The number of benzene rings is 3. The van der Waals surface area contributed by atoms with E-state index in [9.17, 15) is 33.5 Å². The summed E-state index contributed by atoms with van der Waals surface area (Å²) < 4.78 is 29.4. The Kier molecular flexibility index (Phi) is 8.55. The number of aryl methyl sites for hydroxylation is 2. The molecule has 8 rings (SSSR count). The van der Waals surface area contributed by atoms with Crippen LogP contribution in [0.3, 0.4) is 0 Å². The lowest BCUT2D eigenvalue weighted by Gasteiger charge is -2.49. The lowest BCUT2D eigenvalue weighted by Crippen LogP contribution is -2.59. The molecule has 1 aliphatic carbocycles. The van der Waals surface area contributed by atoms with Gasteiger partial charge in [0.1, 0.15) is 17.3 Å². The van der Waals surface area contributed by atoms with Crippen molar-refractivity contribution in [2.45, 2.75) is 47.6 Å². The van der Waals surface area contributed by atoms with Crippen molar-refractivity contribution in [2.75, 3.05) is 19.1 Å². The van der Waals surface area contributed by atoms with E-state index < -0.39 is 62.7 Å². The summed E-state index contributed by atoms with van der Waals surface area (Å²) in [5.74, 6) is -3.06. The molecule has 2 fully saturated rings. The Hall–Kier alpha value is -5.38. The van der Waals surface area contributed by atoms with E-state index in [0.29, 0.717) is 28.1 Å². The average molecular weight is 812 g/mol. The molecular formula is C37H30Cl3FN6O8. The molecule has 284 valence electrons. The maximum absolute atomic E-state index is 14.5. The zero-order valence-electron chi connectivity index (χ0n) is 29.3. The molecule has 0 bridgehead atoms. The summed E-state index contributed by atoms with van der Waals surface area (Å²) >= 11 is 21.4. The Labute approximate surface area is 325 Å². The standard InChI is InChI=1S/C37H30Cl3FN6O8/c1-43-26-16-29(55-3)28(54-2)15-25(26)42-24(31(43)49)11-12-44-34(52)45-13-10-22-27(47(45)35(44)53)17-36(39)32(50)46(19-6-4-18(41)5-7-19)33(51)37(36,40)30(22)21-9-8-20(48)14-23(21)38/h4-10,14-16,27,30,48H,11-13,17H2,1-3H3. The van der Waals surface area contributed by atoms with Gasteiger partial charge in [0.25, 0.3) is 17.4 Å². The number of carbonyl (C=O) groups excluding carboxylic acids is 2. The van der Waals surface area contributed by atoms with Crippen molar-refractivity contribution in [3.05, 3.63) is 120 Å². The fourth-order valence-electron chi connectivity index (χ4n) is 8.09. The Morgan fingerprint density at radius 1 is 0.945 bits per heavy atom. The highest BCUT2D eigenvalue weighted by atomic mass is 35.5. The van der Waals surface area contributed by atoms with Crippen LogP contribution in [-0.2, 0) is 36.1 Å². The van der Waals surface area contributed by atoms with Crippen LogP contribution in [0.2, 0.25) is 5.02 Å². The van der Waals surface area contributed by atoms with Crippen LogP contribution in [0.25, 0.3) is 11.0 Å². The number of nitrogens with zero attached hydrogens (tertiary/aromatic N) is 6. The fraction of sp³-hybridized carbons (Fsp3) is 0.297. The molecule has 0 radical (unpaired) electrons. The van der Waals surface area contributed by atoms with Crippen LogP contribution in [0.1, 0.15) is 29.6 Å². The van der Waals surface area contributed by atoms with Crippen molar-refractivity contribution in [3.8, 4) is 17.2 Å². The highest BCUT2D eigenvalue weighted by Crippen LogP contribution is 2.64. The van der Waals surface area contributed by atoms with Gasteiger partial charge in [0.05, 0.1) is 43.5 Å². The lowest BCUT2D eigenvalue weighted by molar-refractivity contribution is -0.122. The second-order valence-corrected chi connectivity index (χ2v) is 15.2. The predicted octanol–water partition coefficient (Wildman–Crippen LogP) is 4.01. The molecule has 3 aromatic carbocycles. The molecular weight excluding hydrogens is 782 g/mol. The molecule has 4 heterocycles. The van der Waals surface area contributed by atoms with Gasteiger partial charge < -0.3 is 19.1 Å². The van der Waals surface area contributed by atoms with Crippen LogP contribution in [0, 0.1) is 5.82 Å². The van der Waals surface area contributed by atoms with Crippen LogP contribution >= 0.6 is 34.8 Å². The van der Waals surface area contributed by atoms with E-state index in [1.807, 2.05) is 0 Å². The zero-order valence-corrected chi connectivity index (χ0v) is 31.5. The number of allylic oxidation sites excluding steroid dienone is 2. The number of alkyl halides is 2. The monoisotopic (exact) mass is 810 g/mol. The summed E-state index contributed by atoms with van der Waals surface area (Å²) in [4.78, 5) is 71.4. The largest absolute Gasteiger partial charge is 0.508 e. The second-order valence-electron chi connectivity index (χ2n) is 13.5. The smallest absolute Gasteiger partial charge is 0.347 e. The maximum Gasteiger partial charge on any atom is 0.347 e. The van der Waals surface area contributed by atoms with Crippen LogP contribution in [0.5, 0.6) is 17.2 Å². The zero-order chi connectivity index (χ0) is 39.3. The number of halogens is 4. The molecule has 4 atom stereocenters. The summed E-state index contributed by atoms with van der Waals surface area (Å²) in [6.07, 6.45) is 1.14. The van der Waals surface area contributed by atoms with E-state index in [-0.39, 0.29) is 47.2 Å². The molecule has 55 heavy (non-hydrogen) atoms. The minimum absolute atomic E-state index is 0.000479. The number of ether oxygens (including phenoxy) is 2. The molecule has 1 saturated heterocycles. The summed E-state index contributed by atoms with van der Waals surface area (Å²) in [6.45, 7) is -0.370. The molecule has 18 heteroatoms. The molecule has 2 amide bonds. The molecule has 1 N–H and O–H groups in total. The molecule has 1 saturated carbocycles. The summed E-state index contributed by atoms with van der Waals surface area (Å²) in [7, 11) is 4.51. The van der Waals surface area contributed by atoms with Crippen LogP contribution in [0.15, 0.2) is 80.6 Å². The molecule has 2 aliphatic heterocycles. The number of carbonyl (C=O) groups is 2. The highest BCUT2D eigenvalue weighted by molar-refractivity contribution is 6.58. The average Bonchev–Trinajstić information content (AvgIpc) is 3.49. The third-order valence-electron chi connectivity index (χ3n) is 10.8. The number of aromatic nitrogens is 5. The first-order valence-corrected chi connectivity index (χ1v) is 18.0. The van der Waals surface area contributed by atoms with Gasteiger partial charge in [-0.3, -0.25) is 14.4 Å². The normalized spacial score (nSPS) is 23.0. The third kappa shape index (κ3) is 5.12. The van der Waals surface area contributed by atoms with Gasteiger partial charge in [-0.15, -0.1) is 23.2 Å². The van der Waals surface area contributed by atoms with E-state index in [2.05, 4.69) is 4.98 Å². The number of imide groups is 1. The molecule has 3 aliphatic rings. The van der Waals surface area contributed by atoms with Crippen molar-refractivity contribution in [3.63, 3.8) is 0 Å². The van der Waals surface area contributed by atoms with E-state index in [4.69, 9.17) is 44.3 Å². The molecule has 0 spiro atoms. The van der Waals surface area contributed by atoms with E-state index in [1.54, 1.807) is 25.3 Å². The molecule has 5 aromatic rings. The lowest BCUT2D eigenvalue weighted by atomic mass is 9.64. The topological polar surface area (TPSA) is 160 Å². The van der Waals surface area contributed by atoms with Crippen molar-refractivity contribution in [2.24, 2.45) is 7.05 Å². The predicted molar refractivity (Wildman–Crippen MR) is 200 cm³/mol. The minimum Gasteiger partial charge on any atom is -0.508 e. The maximum atomic E-state index is 14.5. The number of methoxy groups -OCH3 is 2. The Bertz CT molecular complexity index is 2710. The summed E-state index contributed by atoms with van der Waals surface area (Å²) in [6, 6.07) is 10.8. The number of aromatic hydroxyl groups is 1. The van der Waals surface area contributed by atoms with Crippen molar-refractivity contribution in [1.82, 2.24) is 23.5 Å². The van der Waals surface area contributed by atoms with E-state index in [1.165, 1.54) is 58.5 Å². The first kappa shape index (κ1) is 36.6. The fourth-order valence-corrected chi connectivity index (χ4v) is 9.28. The first-order chi connectivity index (χ1) is 26.2. The van der Waals surface area contributed by atoms with Gasteiger partial charge in [-0.25, -0.2) is 37.8 Å². The van der Waals surface area contributed by atoms with Crippen molar-refractivity contribution >= 4 is 63.3 Å². The van der Waals surface area contributed by atoms with Crippen LogP contribution in [0.4, 0.5) is 10.1 Å². The van der Waals surface area contributed by atoms with Gasteiger partial charge in [-0.1, -0.05) is 23.7 Å². The SMILES string of the molecule is COc1cc2nc(CCn3c(=O)n4n(c3=O)C3CC5(Cl)C(=O)N(c6ccc(F)cc6)C(=O)C5(Cl)C(c5ccc(O)cc5Cl)C3=CC4)c(=O)n(C)c2cc1OC. The number of anilines is 1. The Morgan fingerprint density at radius 3 is 2.31 bits per heavy atom. The number of fused-ring (bicyclic) bond motifs is 5. The van der Waals surface area contributed by atoms with Gasteiger partial charge in [0, 0.05) is 49.5 Å². The Morgan fingerprint density at radius 2 is 1.64 bits per heavy atom. The summed E-state index contributed by atoms with van der Waals surface area (Å²) in [5.41, 5.74) is -0.292. The van der Waals surface area contributed by atoms with Gasteiger partial charge in [0.15, 0.2) is 21.2 Å². The number of hydrogen-bond donors (Lipinski definition) is 1. The van der Waals surface area contributed by atoms with Crippen molar-refractivity contribution < 1.29 is 28.6 Å². The van der Waals surface area contributed by atoms with E-state index in [0.717, 1.165) is 21.6 Å². The summed E-state index contributed by atoms with van der Waals surface area (Å²) in [5, 5.41) is 10.2. The molecule has 14 nitrogen and oxygen atoms in total. The second kappa shape index (κ2) is 12.9. The van der Waals surface area contributed by atoms with Gasteiger partial charge in [-0.2, -0.15) is 0 Å². The van der Waals surface area contributed by atoms with Gasteiger partial charge >= 0.3 is 11.4 Å². The van der Waals surface area contributed by atoms with E-state index >= 15 is 0 Å². The first-order valence-electron chi connectivity index (χ1n) is 16.9. The number of phenols is 1. The van der Waals surface area contributed by atoms with Crippen molar-refractivity contribution in [1.29, 1.82) is 0 Å². The van der Waals surface area contributed by atoms with Crippen LogP contribution in [-0.4, -0.2) is 64.4 Å². The van der Waals surface area contributed by atoms with Gasteiger partial charge in [0.2, 0.25) is 0 Å². The molecule has 4 unspecified atom stereocenters. The third-order valence-corrected chi connectivity index (χ3v) is 12.5. The molecule has 2 aromatic heterocycles. The minimum atomic E-state index is -2.23. The highest BCUT2D eigenvalue weighted by Gasteiger charge is 2.76. The quantitative estimate of drug-likeness (QED) is 0.146. The Balaban J connectivity index is 1.23. The van der Waals surface area contributed by atoms with Crippen LogP contribution < -0.4 is 31.3 Å².